The molecule has 0 unspecified atom stereocenters. The summed E-state index contributed by atoms with van der Waals surface area (Å²) in [4.78, 5) is 26.2. The van der Waals surface area contributed by atoms with Gasteiger partial charge in [0.25, 0.3) is 5.91 Å². The number of rotatable bonds is 5. The van der Waals surface area contributed by atoms with Crippen molar-refractivity contribution in [3.8, 4) is 5.69 Å². The maximum atomic E-state index is 12.8. The highest BCUT2D eigenvalue weighted by molar-refractivity contribution is 5.96. The average Bonchev–Trinajstić information content (AvgIpc) is 3.16. The van der Waals surface area contributed by atoms with Crippen molar-refractivity contribution >= 4 is 11.8 Å². The molecule has 6 heteroatoms. The van der Waals surface area contributed by atoms with Crippen LogP contribution in [0.15, 0.2) is 30.3 Å². The molecule has 0 bridgehead atoms. The predicted molar refractivity (Wildman–Crippen MR) is 95.8 cm³/mol. The van der Waals surface area contributed by atoms with Crippen LogP contribution in [0.3, 0.4) is 0 Å². The smallest absolute Gasteiger partial charge is 0.274 e. The van der Waals surface area contributed by atoms with Crippen molar-refractivity contribution in [2.45, 2.75) is 39.2 Å². The lowest BCUT2D eigenvalue weighted by atomic mass is 10.2. The molecule has 1 heterocycles. The Balaban J connectivity index is 1.85. The zero-order valence-corrected chi connectivity index (χ0v) is 15.0. The third-order valence-corrected chi connectivity index (χ3v) is 4.31. The monoisotopic (exact) mass is 340 g/mol. The van der Waals surface area contributed by atoms with E-state index in [2.05, 4.69) is 10.4 Å². The summed E-state index contributed by atoms with van der Waals surface area (Å²) < 4.78 is 1.87. The highest BCUT2D eigenvalue weighted by Gasteiger charge is 2.29. The highest BCUT2D eigenvalue weighted by atomic mass is 16.2. The number of carbonyl (C=O) groups excluding carboxylic acids is 2. The first-order valence-electron chi connectivity index (χ1n) is 8.68. The summed E-state index contributed by atoms with van der Waals surface area (Å²) in [6.45, 7) is 3.83. The molecule has 6 nitrogen and oxygen atoms in total. The fraction of sp³-hybridized carbons (Fsp3) is 0.421. The topological polar surface area (TPSA) is 67.2 Å². The molecule has 1 aliphatic rings. The number of para-hydroxylation sites is 1. The molecule has 1 N–H and O–H groups in total. The number of hydrogen-bond donors (Lipinski definition) is 1. The number of likely N-dealkylation sites (N-methyl/N-ethyl adjacent to an activating group) is 1. The van der Waals surface area contributed by atoms with Crippen LogP contribution in [0.1, 0.15) is 42.0 Å². The van der Waals surface area contributed by atoms with Gasteiger partial charge in [-0.3, -0.25) is 9.59 Å². The molecule has 132 valence electrons. The number of hydrogen-bond acceptors (Lipinski definition) is 3. The first-order valence-corrected chi connectivity index (χ1v) is 8.68. The van der Waals surface area contributed by atoms with Gasteiger partial charge < -0.3 is 10.2 Å². The van der Waals surface area contributed by atoms with Gasteiger partial charge >= 0.3 is 0 Å². The van der Waals surface area contributed by atoms with Crippen molar-refractivity contribution in [3.05, 3.63) is 47.3 Å². The first-order chi connectivity index (χ1) is 12.0. The van der Waals surface area contributed by atoms with E-state index in [4.69, 9.17) is 0 Å². The third kappa shape index (κ3) is 3.57. The zero-order chi connectivity index (χ0) is 18.0. The second-order valence-corrected chi connectivity index (χ2v) is 6.76. The summed E-state index contributed by atoms with van der Waals surface area (Å²) in [5.74, 6) is -0.364. The van der Waals surface area contributed by atoms with Crippen LogP contribution in [-0.4, -0.2) is 46.1 Å². The summed E-state index contributed by atoms with van der Waals surface area (Å²) >= 11 is 0. The third-order valence-electron chi connectivity index (χ3n) is 4.31. The normalized spacial score (nSPS) is 13.0. The summed E-state index contributed by atoms with van der Waals surface area (Å²) in [6, 6.07) is 9.90. The minimum absolute atomic E-state index is 0.0317. The van der Waals surface area contributed by atoms with Crippen LogP contribution in [0, 0.1) is 0 Å². The van der Waals surface area contributed by atoms with Gasteiger partial charge in [-0.1, -0.05) is 18.2 Å². The van der Waals surface area contributed by atoms with E-state index in [1.807, 2.05) is 48.9 Å². The van der Waals surface area contributed by atoms with E-state index in [-0.39, 0.29) is 24.4 Å². The van der Waals surface area contributed by atoms with E-state index in [1.165, 1.54) is 4.90 Å². The lowest BCUT2D eigenvalue weighted by molar-refractivity contribution is -0.122. The van der Waals surface area contributed by atoms with Crippen molar-refractivity contribution < 1.29 is 9.59 Å². The molecule has 1 aromatic carbocycles. The van der Waals surface area contributed by atoms with E-state index in [0.717, 1.165) is 36.2 Å². The first kappa shape index (κ1) is 17.2. The van der Waals surface area contributed by atoms with Gasteiger partial charge in [0, 0.05) is 24.3 Å². The summed E-state index contributed by atoms with van der Waals surface area (Å²) in [5, 5.41) is 7.39. The Morgan fingerprint density at radius 2 is 1.96 bits per heavy atom. The van der Waals surface area contributed by atoms with Crippen molar-refractivity contribution in [2.24, 2.45) is 0 Å². The van der Waals surface area contributed by atoms with Gasteiger partial charge in [-0.25, -0.2) is 4.68 Å². The Kier molecular flexibility index (Phi) is 4.88. The molecular weight excluding hydrogens is 316 g/mol. The Labute approximate surface area is 147 Å². The number of nitrogens with one attached hydrogen (secondary N) is 1. The Bertz CT molecular complexity index is 780. The van der Waals surface area contributed by atoms with Crippen molar-refractivity contribution in [2.75, 3.05) is 13.6 Å². The molecule has 0 spiro atoms. The predicted octanol–water partition coefficient (Wildman–Crippen LogP) is 1.96. The van der Waals surface area contributed by atoms with Crippen LogP contribution >= 0.6 is 0 Å². The van der Waals surface area contributed by atoms with E-state index < -0.39 is 0 Å². The van der Waals surface area contributed by atoms with Crippen LogP contribution in [0.5, 0.6) is 0 Å². The Morgan fingerprint density at radius 1 is 1.24 bits per heavy atom. The molecular formula is C19H24N4O2. The molecule has 25 heavy (non-hydrogen) atoms. The largest absolute Gasteiger partial charge is 0.352 e. The van der Waals surface area contributed by atoms with E-state index in [1.54, 1.807) is 7.05 Å². The summed E-state index contributed by atoms with van der Waals surface area (Å²) in [6.07, 6.45) is 2.80. The fourth-order valence-electron chi connectivity index (χ4n) is 3.23. The zero-order valence-electron chi connectivity index (χ0n) is 15.0. The second kappa shape index (κ2) is 7.09. The minimum atomic E-state index is -0.202. The molecule has 1 aromatic heterocycles. The molecule has 0 saturated carbocycles. The van der Waals surface area contributed by atoms with Gasteiger partial charge in [0.2, 0.25) is 5.91 Å². The quantitative estimate of drug-likeness (QED) is 0.905. The van der Waals surface area contributed by atoms with Gasteiger partial charge in [-0.15, -0.1) is 0 Å². The molecule has 0 radical (unpaired) electrons. The number of fused-ring (bicyclic) bond motifs is 1. The number of amides is 2. The highest BCUT2D eigenvalue weighted by Crippen LogP contribution is 2.28. The standard InChI is InChI=1S/C19H24N4O2/c1-13(2)20-17(24)12-22(3)19(25)18-15-10-7-11-16(15)23(21-18)14-8-5-4-6-9-14/h4-6,8-9,13H,7,10-12H2,1-3H3,(H,20,24). The maximum absolute atomic E-state index is 12.8. The van der Waals surface area contributed by atoms with Crippen LogP contribution in [0.25, 0.3) is 5.69 Å². The van der Waals surface area contributed by atoms with Crippen LogP contribution < -0.4 is 5.32 Å². The lowest BCUT2D eigenvalue weighted by Gasteiger charge is -2.17. The van der Waals surface area contributed by atoms with Crippen LogP contribution in [0.4, 0.5) is 0 Å². The maximum Gasteiger partial charge on any atom is 0.274 e. The van der Waals surface area contributed by atoms with Gasteiger partial charge in [0.1, 0.15) is 0 Å². The number of nitrogens with zero attached hydrogens (tertiary/aromatic N) is 3. The van der Waals surface area contributed by atoms with Gasteiger partial charge in [0.15, 0.2) is 5.69 Å². The van der Waals surface area contributed by atoms with E-state index in [9.17, 15) is 9.59 Å². The van der Waals surface area contributed by atoms with Crippen LogP contribution in [0.2, 0.25) is 0 Å². The van der Waals surface area contributed by atoms with Crippen LogP contribution in [-0.2, 0) is 17.6 Å². The molecule has 0 fully saturated rings. The Morgan fingerprint density at radius 3 is 2.64 bits per heavy atom. The second-order valence-electron chi connectivity index (χ2n) is 6.76. The van der Waals surface area contributed by atoms with Gasteiger partial charge in [-0.05, 0) is 45.2 Å². The minimum Gasteiger partial charge on any atom is -0.352 e. The van der Waals surface area contributed by atoms with Crippen molar-refractivity contribution in [1.29, 1.82) is 0 Å². The van der Waals surface area contributed by atoms with Crippen molar-refractivity contribution in [1.82, 2.24) is 20.0 Å². The molecule has 1 aliphatic carbocycles. The molecule has 0 atom stereocenters. The lowest BCUT2D eigenvalue weighted by Crippen LogP contribution is -2.41. The van der Waals surface area contributed by atoms with Gasteiger partial charge in [0.05, 0.1) is 12.2 Å². The molecule has 3 rings (SSSR count). The van der Waals surface area contributed by atoms with Gasteiger partial charge in [-0.2, -0.15) is 5.10 Å². The van der Waals surface area contributed by atoms with E-state index >= 15 is 0 Å². The van der Waals surface area contributed by atoms with Crippen molar-refractivity contribution in [3.63, 3.8) is 0 Å². The number of carbonyl (C=O) groups is 2. The van der Waals surface area contributed by atoms with E-state index in [0.29, 0.717) is 5.69 Å². The molecule has 0 aliphatic heterocycles. The summed E-state index contributed by atoms with van der Waals surface area (Å²) in [7, 11) is 1.64. The average molecular weight is 340 g/mol. The SMILES string of the molecule is CC(C)NC(=O)CN(C)C(=O)c1nn(-c2ccccc2)c2c1CCC2. The molecule has 2 aromatic rings. The number of benzene rings is 1. The molecule has 0 saturated heterocycles. The molecule has 2 amide bonds. The number of aromatic nitrogens is 2. The fourth-order valence-corrected chi connectivity index (χ4v) is 3.23. The summed E-state index contributed by atoms with van der Waals surface area (Å²) in [5.41, 5.74) is 3.55. The Hall–Kier alpha value is -2.63.